The molecule has 158 valence electrons. The molecule has 0 unspecified atom stereocenters. The van der Waals surface area contributed by atoms with Crippen LogP contribution in [0, 0.1) is 0 Å². The van der Waals surface area contributed by atoms with E-state index in [1.165, 1.54) is 4.90 Å². The lowest BCUT2D eigenvalue weighted by Gasteiger charge is -2.27. The number of alkyl halides is 2. The van der Waals surface area contributed by atoms with E-state index < -0.39 is 36.9 Å². The summed E-state index contributed by atoms with van der Waals surface area (Å²) in [6, 6.07) is -0.0460. The van der Waals surface area contributed by atoms with Crippen molar-refractivity contribution in [2.75, 3.05) is 19.6 Å². The number of aliphatic hydroxyl groups is 1. The molecule has 3 N–H and O–H groups in total. The summed E-state index contributed by atoms with van der Waals surface area (Å²) in [7, 11) is 0. The Morgan fingerprint density at radius 3 is 2.64 bits per heavy atom. The Bertz CT molecular complexity index is 618. The van der Waals surface area contributed by atoms with Crippen LogP contribution >= 0.6 is 0 Å². The van der Waals surface area contributed by atoms with E-state index in [0.29, 0.717) is 6.42 Å². The first kappa shape index (κ1) is 19.8. The summed E-state index contributed by atoms with van der Waals surface area (Å²) in [6.45, 7) is -0.315. The molecule has 4 aliphatic rings. The molecule has 5 atom stereocenters. The summed E-state index contributed by atoms with van der Waals surface area (Å²) in [5.74, 6) is -3.17. The van der Waals surface area contributed by atoms with Gasteiger partial charge in [0.2, 0.25) is 5.91 Å². The molecule has 3 saturated heterocycles. The van der Waals surface area contributed by atoms with E-state index in [9.17, 15) is 23.5 Å². The topological polar surface area (TPSA) is 100 Å². The normalized spacial score (nSPS) is 36.8. The van der Waals surface area contributed by atoms with Crippen LogP contribution in [0.4, 0.5) is 13.6 Å². The number of likely N-dealkylation sites (tertiary alicyclic amines) is 1. The van der Waals surface area contributed by atoms with Crippen LogP contribution in [0.5, 0.6) is 0 Å². The lowest BCUT2D eigenvalue weighted by Crippen LogP contribution is -2.48. The van der Waals surface area contributed by atoms with E-state index in [1.54, 1.807) is 0 Å². The van der Waals surface area contributed by atoms with E-state index in [4.69, 9.17) is 9.47 Å². The van der Waals surface area contributed by atoms with Gasteiger partial charge in [-0.15, -0.1) is 0 Å². The summed E-state index contributed by atoms with van der Waals surface area (Å²) in [5, 5.41) is 16.0. The molecule has 0 radical (unpaired) electrons. The van der Waals surface area contributed by atoms with E-state index in [-0.39, 0.29) is 50.0 Å². The highest BCUT2D eigenvalue weighted by molar-refractivity contribution is 5.77. The Morgan fingerprint density at radius 2 is 2.04 bits per heavy atom. The summed E-state index contributed by atoms with van der Waals surface area (Å²) in [5.41, 5.74) is 0. The highest BCUT2D eigenvalue weighted by atomic mass is 19.3. The lowest BCUT2D eigenvalue weighted by atomic mass is 9.93. The number of urea groups is 1. The number of carbonyl (C=O) groups excluding carboxylic acids is 2. The molecule has 0 aromatic heterocycles. The Hall–Kier alpha value is -1.52. The van der Waals surface area contributed by atoms with Gasteiger partial charge in [-0.3, -0.25) is 4.79 Å². The number of hydrogen-bond donors (Lipinski definition) is 3. The fraction of sp³-hybridized carbons (Fsp3) is 0.889. The van der Waals surface area contributed by atoms with E-state index in [0.717, 1.165) is 19.3 Å². The Morgan fingerprint density at radius 1 is 1.25 bits per heavy atom. The third-order valence-corrected chi connectivity index (χ3v) is 6.11. The van der Waals surface area contributed by atoms with E-state index in [1.807, 2.05) is 0 Å². The quantitative estimate of drug-likeness (QED) is 0.616. The van der Waals surface area contributed by atoms with E-state index >= 15 is 0 Å². The first-order chi connectivity index (χ1) is 13.3. The molecule has 10 heteroatoms. The van der Waals surface area contributed by atoms with Crippen molar-refractivity contribution >= 4 is 11.9 Å². The maximum Gasteiger partial charge on any atom is 0.315 e. The van der Waals surface area contributed by atoms with Gasteiger partial charge >= 0.3 is 6.03 Å². The summed E-state index contributed by atoms with van der Waals surface area (Å²) >= 11 is 0. The van der Waals surface area contributed by atoms with Crippen molar-refractivity contribution in [2.24, 2.45) is 0 Å². The van der Waals surface area contributed by atoms with Gasteiger partial charge in [0, 0.05) is 32.0 Å². The third-order valence-electron chi connectivity index (χ3n) is 6.11. The minimum absolute atomic E-state index is 0.00582. The molecular weight excluding hydrogens is 376 g/mol. The van der Waals surface area contributed by atoms with Crippen LogP contribution in [-0.2, 0) is 14.3 Å². The number of ether oxygens (including phenoxy) is 2. The average Bonchev–Trinajstić information content (AvgIpc) is 3.24. The highest BCUT2D eigenvalue weighted by Crippen LogP contribution is 2.36. The standard InChI is InChI=1S/C18H27F2N3O5/c19-18(20)4-5-23(9-18)14(24)7-11-6-12-16(27-11)15(25)13(28-12)8-21-17(26)22-10-2-1-3-10/h10-13,15-16,25H,1-9H2,(H2,21,22,26)/t11-,12+,13+,15+,16-/m0/s1. The first-order valence-electron chi connectivity index (χ1n) is 10.00. The Kier molecular flexibility index (Phi) is 5.45. The zero-order chi connectivity index (χ0) is 19.9. The number of nitrogens with zero attached hydrogens (tertiary/aromatic N) is 1. The third kappa shape index (κ3) is 4.23. The highest BCUT2D eigenvalue weighted by Gasteiger charge is 2.51. The number of fused-ring (bicyclic) bond motifs is 1. The molecule has 28 heavy (non-hydrogen) atoms. The van der Waals surface area contributed by atoms with Gasteiger partial charge in [-0.1, -0.05) is 0 Å². The number of carbonyl (C=O) groups is 2. The number of halogens is 2. The van der Waals surface area contributed by atoms with Gasteiger partial charge in [-0.05, 0) is 19.3 Å². The number of aliphatic hydroxyl groups excluding tert-OH is 1. The Balaban J connectivity index is 1.20. The maximum absolute atomic E-state index is 13.3. The molecule has 8 nitrogen and oxygen atoms in total. The van der Waals surface area contributed by atoms with Crippen molar-refractivity contribution in [3.05, 3.63) is 0 Å². The second kappa shape index (κ2) is 7.72. The second-order valence-corrected chi connectivity index (χ2v) is 8.27. The lowest BCUT2D eigenvalue weighted by molar-refractivity contribution is -0.135. The fourth-order valence-electron chi connectivity index (χ4n) is 4.26. The molecule has 0 aromatic carbocycles. The van der Waals surface area contributed by atoms with Crippen LogP contribution < -0.4 is 10.6 Å². The van der Waals surface area contributed by atoms with E-state index in [2.05, 4.69) is 10.6 Å². The zero-order valence-corrected chi connectivity index (χ0v) is 15.6. The van der Waals surface area contributed by atoms with Crippen LogP contribution in [0.2, 0.25) is 0 Å². The van der Waals surface area contributed by atoms with Crippen molar-refractivity contribution in [1.82, 2.24) is 15.5 Å². The van der Waals surface area contributed by atoms with Crippen molar-refractivity contribution in [3.8, 4) is 0 Å². The smallest absolute Gasteiger partial charge is 0.315 e. The number of amides is 3. The van der Waals surface area contributed by atoms with Gasteiger partial charge in [0.1, 0.15) is 18.3 Å². The van der Waals surface area contributed by atoms with Crippen LogP contribution in [0.15, 0.2) is 0 Å². The van der Waals surface area contributed by atoms with Gasteiger partial charge in [0.25, 0.3) is 5.92 Å². The molecule has 1 aliphatic carbocycles. The number of rotatable bonds is 5. The second-order valence-electron chi connectivity index (χ2n) is 8.27. The number of nitrogens with one attached hydrogen (secondary N) is 2. The van der Waals surface area contributed by atoms with Gasteiger partial charge in [-0.25, -0.2) is 13.6 Å². The molecule has 0 spiro atoms. The Labute approximate surface area is 161 Å². The SMILES string of the molecule is O=C(NC[C@H]1O[C@@H]2C[C@@H](CC(=O)N3CCC(F)(F)C3)O[C@@H]2[C@@H]1O)NC1CCC1. The van der Waals surface area contributed by atoms with Crippen molar-refractivity contribution in [2.45, 2.75) is 81.0 Å². The van der Waals surface area contributed by atoms with Gasteiger partial charge < -0.3 is 30.1 Å². The molecule has 3 heterocycles. The first-order valence-corrected chi connectivity index (χ1v) is 10.00. The van der Waals surface area contributed by atoms with Gasteiger partial charge in [0.05, 0.1) is 25.2 Å². The van der Waals surface area contributed by atoms with Crippen LogP contribution in [0.3, 0.4) is 0 Å². The summed E-state index contributed by atoms with van der Waals surface area (Å²) < 4.78 is 38.1. The predicted molar refractivity (Wildman–Crippen MR) is 92.9 cm³/mol. The van der Waals surface area contributed by atoms with Crippen molar-refractivity contribution in [1.29, 1.82) is 0 Å². The summed E-state index contributed by atoms with van der Waals surface area (Å²) in [4.78, 5) is 25.2. The van der Waals surface area contributed by atoms with Gasteiger partial charge in [0.15, 0.2) is 0 Å². The predicted octanol–water partition coefficient (Wildman–Crippen LogP) is 0.382. The minimum Gasteiger partial charge on any atom is -0.388 e. The van der Waals surface area contributed by atoms with Crippen molar-refractivity contribution < 1.29 is 33.0 Å². The average molecular weight is 403 g/mol. The molecule has 1 saturated carbocycles. The monoisotopic (exact) mass is 403 g/mol. The van der Waals surface area contributed by atoms with Crippen LogP contribution in [0.25, 0.3) is 0 Å². The van der Waals surface area contributed by atoms with Crippen molar-refractivity contribution in [3.63, 3.8) is 0 Å². The molecule has 4 fully saturated rings. The van der Waals surface area contributed by atoms with Gasteiger partial charge in [-0.2, -0.15) is 0 Å². The fourth-order valence-corrected chi connectivity index (χ4v) is 4.26. The largest absolute Gasteiger partial charge is 0.388 e. The molecular formula is C18H27F2N3O5. The van der Waals surface area contributed by atoms with Crippen LogP contribution in [0.1, 0.15) is 38.5 Å². The molecule has 4 rings (SSSR count). The molecule has 0 aromatic rings. The summed E-state index contributed by atoms with van der Waals surface area (Å²) in [6.07, 6.45) is 0.345. The molecule has 3 aliphatic heterocycles. The number of hydrogen-bond acceptors (Lipinski definition) is 5. The molecule has 0 bridgehead atoms. The minimum atomic E-state index is -2.81. The zero-order valence-electron chi connectivity index (χ0n) is 15.6. The maximum atomic E-state index is 13.3. The molecule has 3 amide bonds. The van der Waals surface area contributed by atoms with Crippen LogP contribution in [-0.4, -0.2) is 84.1 Å².